The highest BCUT2D eigenvalue weighted by Gasteiger charge is 2.19. The normalized spacial score (nSPS) is 12.8. The number of aliphatic imine (C=N–C) groups is 2. The molecule has 0 fully saturated rings. The molecule has 0 aliphatic carbocycles. The fourth-order valence-corrected chi connectivity index (χ4v) is 3.98. The van der Waals surface area contributed by atoms with Crippen LogP contribution < -0.4 is 10.8 Å². The van der Waals surface area contributed by atoms with Crippen LogP contribution in [0.15, 0.2) is 75.1 Å². The predicted octanol–water partition coefficient (Wildman–Crippen LogP) is 6.35. The molecular weight excluding hydrogens is 492 g/mol. The molecule has 162 valence electrons. The molecule has 8 heteroatoms. The zero-order chi connectivity index (χ0) is 22.7. The van der Waals surface area contributed by atoms with Crippen molar-refractivity contribution in [2.24, 2.45) is 9.98 Å². The standard InChI is InChI=1S/C24H20BrClN4O2/c1-14-6-5-7-15(2)22(14)29-24(31)32-30-21-13-27-23(17-8-3-4-9-19(17)26)18-12-16(25)10-11-20(18)28-21/h3-12H,13H2,1-2H3,(H,28,30)(H,29,31). The van der Waals surface area contributed by atoms with Crippen molar-refractivity contribution in [2.45, 2.75) is 13.8 Å². The van der Waals surface area contributed by atoms with Crippen LogP contribution in [-0.2, 0) is 4.84 Å². The van der Waals surface area contributed by atoms with Gasteiger partial charge in [0.25, 0.3) is 0 Å². The molecule has 0 atom stereocenters. The highest BCUT2D eigenvalue weighted by Crippen LogP contribution is 2.30. The number of amidine groups is 1. The fraction of sp³-hybridized carbons (Fsp3) is 0.125. The first kappa shape index (κ1) is 22.0. The first-order valence-corrected chi connectivity index (χ1v) is 11.1. The monoisotopic (exact) mass is 510 g/mol. The zero-order valence-electron chi connectivity index (χ0n) is 17.4. The van der Waals surface area contributed by atoms with E-state index in [1.165, 1.54) is 0 Å². The van der Waals surface area contributed by atoms with Gasteiger partial charge in [0.05, 0.1) is 11.4 Å². The van der Waals surface area contributed by atoms with Crippen LogP contribution in [0.1, 0.15) is 22.3 Å². The Morgan fingerprint density at radius 3 is 2.53 bits per heavy atom. The summed E-state index contributed by atoms with van der Waals surface area (Å²) in [5.74, 6) is 0.396. The number of para-hydroxylation sites is 1. The summed E-state index contributed by atoms with van der Waals surface area (Å²) in [4.78, 5) is 26.9. The Balaban J connectivity index is 1.57. The minimum absolute atomic E-state index is 0.184. The van der Waals surface area contributed by atoms with Gasteiger partial charge in [0.15, 0.2) is 5.84 Å². The van der Waals surface area contributed by atoms with Crippen molar-refractivity contribution in [2.75, 3.05) is 11.9 Å². The number of nitrogens with zero attached hydrogens (tertiary/aromatic N) is 2. The van der Waals surface area contributed by atoms with Gasteiger partial charge in [-0.2, -0.15) is 0 Å². The average molecular weight is 512 g/mol. The van der Waals surface area contributed by atoms with E-state index in [1.807, 2.05) is 74.5 Å². The summed E-state index contributed by atoms with van der Waals surface area (Å²) >= 11 is 9.95. The van der Waals surface area contributed by atoms with Crippen LogP contribution in [0.5, 0.6) is 0 Å². The number of fused-ring (bicyclic) bond motifs is 1. The van der Waals surface area contributed by atoms with Gasteiger partial charge in [0.2, 0.25) is 0 Å². The summed E-state index contributed by atoms with van der Waals surface area (Å²) in [6.45, 7) is 4.03. The highest BCUT2D eigenvalue weighted by atomic mass is 79.9. The molecule has 0 bridgehead atoms. The Bertz CT molecular complexity index is 1240. The third kappa shape index (κ3) is 4.84. The van der Waals surface area contributed by atoms with Crippen LogP contribution in [0, 0.1) is 13.8 Å². The van der Waals surface area contributed by atoms with E-state index in [-0.39, 0.29) is 6.54 Å². The molecule has 0 aromatic heterocycles. The smallest absolute Gasteiger partial charge is 0.323 e. The molecule has 0 spiro atoms. The van der Waals surface area contributed by atoms with E-state index >= 15 is 0 Å². The van der Waals surface area contributed by atoms with Crippen LogP contribution in [-0.4, -0.2) is 24.2 Å². The Kier molecular flexibility index (Phi) is 6.58. The van der Waals surface area contributed by atoms with Crippen LogP contribution in [0.4, 0.5) is 16.2 Å². The van der Waals surface area contributed by atoms with Gasteiger partial charge in [-0.3, -0.25) is 10.3 Å². The molecule has 2 N–H and O–H groups in total. The number of hydrogen-bond donors (Lipinski definition) is 2. The summed E-state index contributed by atoms with van der Waals surface area (Å²) in [5.41, 5.74) is 8.29. The summed E-state index contributed by atoms with van der Waals surface area (Å²) in [6, 6.07) is 19.0. The average Bonchev–Trinajstić information content (AvgIpc) is 2.94. The molecule has 0 unspecified atom stereocenters. The molecule has 0 radical (unpaired) electrons. The summed E-state index contributed by atoms with van der Waals surface area (Å²) in [5, 5.41) is 3.36. The number of hydrogen-bond acceptors (Lipinski definition) is 5. The minimum atomic E-state index is -0.638. The van der Waals surface area contributed by atoms with Crippen molar-refractivity contribution in [3.8, 4) is 0 Å². The third-order valence-electron chi connectivity index (χ3n) is 4.95. The molecule has 3 aromatic carbocycles. The second-order valence-electron chi connectivity index (χ2n) is 7.25. The zero-order valence-corrected chi connectivity index (χ0v) is 19.8. The topological polar surface area (TPSA) is 75.1 Å². The quantitative estimate of drug-likeness (QED) is 0.394. The maximum Gasteiger partial charge on any atom is 0.435 e. The maximum absolute atomic E-state index is 12.4. The number of carbonyl (C=O) groups is 1. The Labute approximate surface area is 199 Å². The predicted molar refractivity (Wildman–Crippen MR) is 132 cm³/mol. The van der Waals surface area contributed by atoms with E-state index in [2.05, 4.69) is 31.7 Å². The lowest BCUT2D eigenvalue weighted by Crippen LogP contribution is -2.31. The number of amides is 1. The summed E-state index contributed by atoms with van der Waals surface area (Å²) in [7, 11) is 0. The molecule has 1 heterocycles. The first-order valence-electron chi connectivity index (χ1n) is 9.89. The van der Waals surface area contributed by atoms with Crippen LogP contribution in [0.25, 0.3) is 0 Å². The molecule has 1 aliphatic rings. The van der Waals surface area contributed by atoms with Crippen LogP contribution in [0.2, 0.25) is 5.02 Å². The van der Waals surface area contributed by atoms with Crippen LogP contribution >= 0.6 is 27.5 Å². The number of hydroxylamine groups is 1. The first-order chi connectivity index (χ1) is 15.4. The molecule has 32 heavy (non-hydrogen) atoms. The lowest BCUT2D eigenvalue weighted by Gasteiger charge is -2.12. The highest BCUT2D eigenvalue weighted by molar-refractivity contribution is 9.10. The van der Waals surface area contributed by atoms with Gasteiger partial charge in [0, 0.05) is 26.3 Å². The number of aryl methyl sites for hydroxylation is 2. The lowest BCUT2D eigenvalue weighted by atomic mass is 10.0. The van der Waals surface area contributed by atoms with Crippen molar-refractivity contribution >= 4 is 56.5 Å². The second kappa shape index (κ2) is 9.54. The number of anilines is 1. The molecule has 1 aliphatic heterocycles. The van der Waals surface area contributed by atoms with Crippen molar-refractivity contribution in [3.63, 3.8) is 0 Å². The molecule has 6 nitrogen and oxygen atoms in total. The molecule has 1 amide bonds. The van der Waals surface area contributed by atoms with Crippen molar-refractivity contribution in [1.82, 2.24) is 5.48 Å². The number of carbonyl (C=O) groups excluding carboxylic acids is 1. The largest absolute Gasteiger partial charge is 0.435 e. The van der Waals surface area contributed by atoms with E-state index in [0.717, 1.165) is 32.4 Å². The Morgan fingerprint density at radius 1 is 1.03 bits per heavy atom. The van der Waals surface area contributed by atoms with E-state index in [1.54, 1.807) is 0 Å². The van der Waals surface area contributed by atoms with Crippen molar-refractivity contribution in [1.29, 1.82) is 0 Å². The van der Waals surface area contributed by atoms with Crippen molar-refractivity contribution < 1.29 is 9.63 Å². The molecule has 0 saturated heterocycles. The van der Waals surface area contributed by atoms with Gasteiger partial charge < -0.3 is 4.84 Å². The van der Waals surface area contributed by atoms with E-state index in [0.29, 0.717) is 22.3 Å². The SMILES string of the molecule is Cc1cccc(C)c1NC(=O)ONC1=Nc2ccc(Br)cc2C(c2ccccc2Cl)=NC1. The minimum Gasteiger partial charge on any atom is -0.323 e. The van der Waals surface area contributed by atoms with E-state index in [9.17, 15) is 4.79 Å². The van der Waals surface area contributed by atoms with Gasteiger partial charge in [-0.05, 0) is 49.2 Å². The second-order valence-corrected chi connectivity index (χ2v) is 8.57. The molecule has 4 rings (SSSR count). The number of benzene rings is 3. The number of halogens is 2. The third-order valence-corrected chi connectivity index (χ3v) is 5.78. The number of rotatable bonds is 2. The van der Waals surface area contributed by atoms with Gasteiger partial charge >= 0.3 is 6.09 Å². The Morgan fingerprint density at radius 2 is 1.78 bits per heavy atom. The molecule has 3 aromatic rings. The maximum atomic E-state index is 12.4. The van der Waals surface area contributed by atoms with E-state index < -0.39 is 6.09 Å². The molecule has 0 saturated carbocycles. The fourth-order valence-electron chi connectivity index (χ4n) is 3.40. The van der Waals surface area contributed by atoms with E-state index in [4.69, 9.17) is 21.4 Å². The molecular formula is C24H20BrClN4O2. The van der Waals surface area contributed by atoms with Crippen LogP contribution in [0.3, 0.4) is 0 Å². The van der Waals surface area contributed by atoms with Gasteiger partial charge in [-0.1, -0.05) is 63.9 Å². The number of nitrogens with one attached hydrogen (secondary N) is 2. The van der Waals surface area contributed by atoms with Gasteiger partial charge in [0.1, 0.15) is 6.54 Å². The Hall–Kier alpha value is -3.16. The van der Waals surface area contributed by atoms with Gasteiger partial charge in [-0.25, -0.2) is 15.3 Å². The summed E-state index contributed by atoms with van der Waals surface area (Å²) < 4.78 is 0.895. The lowest BCUT2D eigenvalue weighted by molar-refractivity contribution is 0.134. The van der Waals surface area contributed by atoms with Crippen molar-refractivity contribution in [3.05, 3.63) is 92.4 Å². The van der Waals surface area contributed by atoms with Gasteiger partial charge in [-0.15, -0.1) is 0 Å². The summed E-state index contributed by atoms with van der Waals surface area (Å²) in [6.07, 6.45) is -0.638.